The number of rotatable bonds is 2. The first-order valence-corrected chi connectivity index (χ1v) is 4.93. The van der Waals surface area contributed by atoms with Crippen LogP contribution in [-0.4, -0.2) is 16.3 Å². The number of hydrogen-bond donors (Lipinski definition) is 2. The van der Waals surface area contributed by atoms with Crippen molar-refractivity contribution in [3.8, 4) is 0 Å². The fourth-order valence-electron chi connectivity index (χ4n) is 0.420. The predicted octanol–water partition coefficient (Wildman–Crippen LogP) is 1.91. The minimum absolute atomic E-state index is 0.284. The average Bonchev–Trinajstić information content (AvgIpc) is 1.94. The lowest BCUT2D eigenvalue weighted by Gasteiger charge is -2.23. The van der Waals surface area contributed by atoms with Gasteiger partial charge >= 0.3 is 0 Å². The zero-order valence-corrected chi connectivity index (χ0v) is 10.5. The summed E-state index contributed by atoms with van der Waals surface area (Å²) in [4.78, 5) is 10.4. The van der Waals surface area contributed by atoms with E-state index in [9.17, 15) is 0 Å². The van der Waals surface area contributed by atoms with Gasteiger partial charge in [0.15, 0.2) is 0 Å². The first-order valence-electron chi connectivity index (χ1n) is 4.52. The average molecular weight is 220 g/mol. The Morgan fingerprint density at radius 3 is 1.36 bits per heavy atom. The lowest BCUT2D eigenvalue weighted by molar-refractivity contribution is -0.0681. The summed E-state index contributed by atoms with van der Waals surface area (Å²) < 4.78 is 0. The molecular weight excluding hydrogens is 200 g/mol. The molecule has 0 aromatic carbocycles. The second kappa shape index (κ2) is 4.91. The molecule has 84 valence electrons. The fraction of sp³-hybridized carbons (Fsp3) is 0.889. The second-order valence-corrected chi connectivity index (χ2v) is 5.37. The SMILES string of the molecule is CC(C)(C)ONC(=S)NOC(C)(C)C. The van der Waals surface area contributed by atoms with E-state index < -0.39 is 0 Å². The van der Waals surface area contributed by atoms with Gasteiger partial charge < -0.3 is 0 Å². The smallest absolute Gasteiger partial charge is 0.214 e. The van der Waals surface area contributed by atoms with Crippen molar-refractivity contribution in [1.82, 2.24) is 11.0 Å². The third-order valence-electron chi connectivity index (χ3n) is 0.900. The number of hydroxylamine groups is 2. The second-order valence-electron chi connectivity index (χ2n) is 4.96. The van der Waals surface area contributed by atoms with Gasteiger partial charge in [0.2, 0.25) is 5.11 Å². The Bertz CT molecular complexity index is 174. The Morgan fingerprint density at radius 1 is 0.857 bits per heavy atom. The van der Waals surface area contributed by atoms with E-state index in [0.29, 0.717) is 5.11 Å². The standard InChI is InChI=1S/C9H20N2O2S/c1-8(2,3)12-10-7(14)11-13-9(4,5)6/h1-6H3,(H2,10,11,14). The molecule has 2 N–H and O–H groups in total. The van der Waals surface area contributed by atoms with Crippen molar-refractivity contribution in [2.75, 3.05) is 0 Å². The van der Waals surface area contributed by atoms with Gasteiger partial charge in [-0.05, 0) is 53.8 Å². The van der Waals surface area contributed by atoms with Crippen molar-refractivity contribution in [2.45, 2.75) is 52.7 Å². The van der Waals surface area contributed by atoms with E-state index in [4.69, 9.17) is 21.9 Å². The minimum Gasteiger partial charge on any atom is -0.268 e. The van der Waals surface area contributed by atoms with Gasteiger partial charge in [-0.3, -0.25) is 9.68 Å². The van der Waals surface area contributed by atoms with Crippen LogP contribution in [0.2, 0.25) is 0 Å². The molecule has 0 bridgehead atoms. The molecule has 4 nitrogen and oxygen atoms in total. The zero-order chi connectivity index (χ0) is 11.4. The molecule has 0 radical (unpaired) electrons. The van der Waals surface area contributed by atoms with Gasteiger partial charge in [-0.15, -0.1) is 0 Å². The molecule has 5 heteroatoms. The minimum atomic E-state index is -0.284. The van der Waals surface area contributed by atoms with Gasteiger partial charge in [-0.2, -0.15) is 0 Å². The van der Waals surface area contributed by atoms with E-state index in [1.54, 1.807) is 0 Å². The summed E-state index contributed by atoms with van der Waals surface area (Å²) in [5, 5.41) is 0.315. The summed E-state index contributed by atoms with van der Waals surface area (Å²) in [6.07, 6.45) is 0. The van der Waals surface area contributed by atoms with E-state index in [-0.39, 0.29) is 11.2 Å². The topological polar surface area (TPSA) is 42.5 Å². The third-order valence-corrected chi connectivity index (χ3v) is 1.07. The Balaban J connectivity index is 3.68. The molecule has 0 unspecified atom stereocenters. The van der Waals surface area contributed by atoms with Crippen LogP contribution in [0.5, 0.6) is 0 Å². The Labute approximate surface area is 91.3 Å². The van der Waals surface area contributed by atoms with Gasteiger partial charge in [0.1, 0.15) is 0 Å². The summed E-state index contributed by atoms with van der Waals surface area (Å²) in [5.41, 5.74) is 4.61. The summed E-state index contributed by atoms with van der Waals surface area (Å²) >= 11 is 4.92. The van der Waals surface area contributed by atoms with Crippen LogP contribution in [-0.2, 0) is 9.68 Å². The fourth-order valence-corrected chi connectivity index (χ4v) is 0.503. The van der Waals surface area contributed by atoms with Crippen LogP contribution in [0.25, 0.3) is 0 Å². The summed E-state index contributed by atoms with van der Waals surface area (Å²) in [6, 6.07) is 0. The molecule has 0 saturated carbocycles. The van der Waals surface area contributed by atoms with E-state index in [0.717, 1.165) is 0 Å². The van der Waals surface area contributed by atoms with Gasteiger partial charge in [-0.1, -0.05) is 0 Å². The van der Waals surface area contributed by atoms with Crippen molar-refractivity contribution in [2.24, 2.45) is 0 Å². The summed E-state index contributed by atoms with van der Waals surface area (Å²) in [6.45, 7) is 11.5. The monoisotopic (exact) mass is 220 g/mol. The molecule has 0 amide bonds. The molecule has 0 aliphatic carbocycles. The van der Waals surface area contributed by atoms with Gasteiger partial charge in [0.05, 0.1) is 11.2 Å². The van der Waals surface area contributed by atoms with E-state index in [2.05, 4.69) is 11.0 Å². The highest BCUT2D eigenvalue weighted by Gasteiger charge is 2.13. The molecule has 0 atom stereocenters. The largest absolute Gasteiger partial charge is 0.268 e. The van der Waals surface area contributed by atoms with Crippen molar-refractivity contribution in [3.63, 3.8) is 0 Å². The van der Waals surface area contributed by atoms with Crippen LogP contribution in [0.3, 0.4) is 0 Å². The van der Waals surface area contributed by atoms with E-state index in [1.165, 1.54) is 0 Å². The molecule has 0 aromatic rings. The number of nitrogens with one attached hydrogen (secondary N) is 2. The number of hydrogen-bond acceptors (Lipinski definition) is 3. The Morgan fingerprint density at radius 2 is 1.14 bits per heavy atom. The lowest BCUT2D eigenvalue weighted by Crippen LogP contribution is -2.43. The Kier molecular flexibility index (Phi) is 4.77. The maximum absolute atomic E-state index is 5.22. The van der Waals surface area contributed by atoms with Gasteiger partial charge in [0, 0.05) is 0 Å². The molecular formula is C9H20N2O2S. The molecule has 0 heterocycles. The van der Waals surface area contributed by atoms with Crippen molar-refractivity contribution >= 4 is 17.3 Å². The lowest BCUT2D eigenvalue weighted by atomic mass is 10.2. The Hall–Kier alpha value is -0.390. The van der Waals surface area contributed by atoms with Crippen LogP contribution < -0.4 is 11.0 Å². The predicted molar refractivity (Wildman–Crippen MR) is 60.5 cm³/mol. The molecule has 14 heavy (non-hydrogen) atoms. The molecule has 0 spiro atoms. The van der Waals surface area contributed by atoms with Crippen LogP contribution >= 0.6 is 12.2 Å². The van der Waals surface area contributed by atoms with E-state index >= 15 is 0 Å². The number of thiocarbonyl (C=S) groups is 1. The van der Waals surface area contributed by atoms with Crippen LogP contribution in [0.4, 0.5) is 0 Å². The van der Waals surface area contributed by atoms with Crippen molar-refractivity contribution in [3.05, 3.63) is 0 Å². The zero-order valence-electron chi connectivity index (χ0n) is 9.72. The van der Waals surface area contributed by atoms with Crippen LogP contribution in [0.15, 0.2) is 0 Å². The molecule has 0 fully saturated rings. The molecule has 0 aromatic heterocycles. The third kappa shape index (κ3) is 9.70. The first kappa shape index (κ1) is 13.6. The highest BCUT2D eigenvalue weighted by molar-refractivity contribution is 7.80. The molecule has 0 aliphatic heterocycles. The van der Waals surface area contributed by atoms with Gasteiger partial charge in [-0.25, -0.2) is 11.0 Å². The van der Waals surface area contributed by atoms with Crippen LogP contribution in [0, 0.1) is 0 Å². The van der Waals surface area contributed by atoms with E-state index in [1.807, 2.05) is 41.5 Å². The van der Waals surface area contributed by atoms with Crippen molar-refractivity contribution in [1.29, 1.82) is 0 Å². The van der Waals surface area contributed by atoms with Gasteiger partial charge in [0.25, 0.3) is 0 Å². The van der Waals surface area contributed by atoms with Crippen LogP contribution in [0.1, 0.15) is 41.5 Å². The maximum Gasteiger partial charge on any atom is 0.214 e. The van der Waals surface area contributed by atoms with Crippen molar-refractivity contribution < 1.29 is 9.68 Å². The normalized spacial score (nSPS) is 12.4. The first-order chi connectivity index (χ1) is 6.10. The summed E-state index contributed by atoms with van der Waals surface area (Å²) in [5.74, 6) is 0. The quantitative estimate of drug-likeness (QED) is 0.549. The molecule has 0 rings (SSSR count). The molecule has 0 aliphatic rings. The summed E-state index contributed by atoms with van der Waals surface area (Å²) in [7, 11) is 0. The molecule has 0 saturated heterocycles. The highest BCUT2D eigenvalue weighted by atomic mass is 32.1. The highest BCUT2D eigenvalue weighted by Crippen LogP contribution is 2.05. The maximum atomic E-state index is 5.22.